The van der Waals surface area contributed by atoms with Gasteiger partial charge in [-0.2, -0.15) is 0 Å². The molecule has 0 aromatic heterocycles. The minimum absolute atomic E-state index is 0.0798. The minimum Gasteiger partial charge on any atom is -0.355 e. The molecule has 3 aromatic carbocycles. The lowest BCUT2D eigenvalue weighted by atomic mass is 9.99. The van der Waals surface area contributed by atoms with E-state index in [2.05, 4.69) is 16.0 Å². The van der Waals surface area contributed by atoms with Gasteiger partial charge in [0.05, 0.1) is 12.6 Å². The van der Waals surface area contributed by atoms with Crippen molar-refractivity contribution >= 4 is 17.5 Å². The molecule has 5 heteroatoms. The van der Waals surface area contributed by atoms with Crippen LogP contribution in [0.15, 0.2) is 84.9 Å². The second-order valence-electron chi connectivity index (χ2n) is 6.34. The van der Waals surface area contributed by atoms with E-state index >= 15 is 0 Å². The summed E-state index contributed by atoms with van der Waals surface area (Å²) in [6.45, 7) is 0.158. The first-order chi connectivity index (χ1) is 13.7. The molecule has 3 aromatic rings. The Kier molecular flexibility index (Phi) is 6.54. The molecule has 28 heavy (non-hydrogen) atoms. The fourth-order valence-corrected chi connectivity index (χ4v) is 2.97. The summed E-state index contributed by atoms with van der Waals surface area (Å²) in [7, 11) is 1.58. The fourth-order valence-electron chi connectivity index (χ4n) is 2.97. The van der Waals surface area contributed by atoms with Crippen LogP contribution in [0.2, 0.25) is 0 Å². The molecule has 0 spiro atoms. The van der Waals surface area contributed by atoms with Crippen molar-refractivity contribution < 1.29 is 9.59 Å². The molecule has 0 aliphatic carbocycles. The third kappa shape index (κ3) is 5.05. The van der Waals surface area contributed by atoms with Gasteiger partial charge in [-0.15, -0.1) is 0 Å². The van der Waals surface area contributed by atoms with Crippen LogP contribution in [0.3, 0.4) is 0 Å². The van der Waals surface area contributed by atoms with Crippen LogP contribution in [0.1, 0.15) is 27.5 Å². The topological polar surface area (TPSA) is 70.2 Å². The molecule has 3 rings (SSSR count). The molecule has 0 saturated heterocycles. The Bertz CT molecular complexity index is 870. The number of hydrogen-bond donors (Lipinski definition) is 3. The fraction of sp³-hybridized carbons (Fsp3) is 0.130. The summed E-state index contributed by atoms with van der Waals surface area (Å²) in [5, 5.41) is 8.76. The molecule has 2 amide bonds. The van der Waals surface area contributed by atoms with Crippen molar-refractivity contribution in [3.8, 4) is 0 Å². The van der Waals surface area contributed by atoms with Gasteiger partial charge in [-0.05, 0) is 35.4 Å². The number of anilines is 1. The quantitative estimate of drug-likeness (QED) is 0.595. The molecule has 0 fully saturated rings. The predicted molar refractivity (Wildman–Crippen MR) is 111 cm³/mol. The van der Waals surface area contributed by atoms with Gasteiger partial charge in [0.25, 0.3) is 5.91 Å². The van der Waals surface area contributed by atoms with Crippen LogP contribution in [0.4, 0.5) is 5.69 Å². The molecule has 0 saturated carbocycles. The SMILES string of the molecule is CNC(=O)c1ccc(NC(=O)CNC(c2ccccc2)c2ccccc2)cc1. The van der Waals surface area contributed by atoms with Crippen molar-refractivity contribution in [3.63, 3.8) is 0 Å². The number of hydrogen-bond acceptors (Lipinski definition) is 3. The van der Waals surface area contributed by atoms with Gasteiger partial charge >= 0.3 is 0 Å². The highest BCUT2D eigenvalue weighted by Gasteiger charge is 2.14. The van der Waals surface area contributed by atoms with Crippen molar-refractivity contribution in [2.24, 2.45) is 0 Å². The van der Waals surface area contributed by atoms with Crippen LogP contribution >= 0.6 is 0 Å². The number of benzene rings is 3. The van der Waals surface area contributed by atoms with Crippen LogP contribution in [0.5, 0.6) is 0 Å². The zero-order valence-electron chi connectivity index (χ0n) is 15.7. The normalized spacial score (nSPS) is 10.5. The van der Waals surface area contributed by atoms with Crippen LogP contribution in [0, 0.1) is 0 Å². The highest BCUT2D eigenvalue weighted by molar-refractivity contribution is 5.96. The van der Waals surface area contributed by atoms with Gasteiger partial charge in [0.2, 0.25) is 5.91 Å². The lowest BCUT2D eigenvalue weighted by molar-refractivity contribution is -0.115. The lowest BCUT2D eigenvalue weighted by Gasteiger charge is -2.19. The van der Waals surface area contributed by atoms with E-state index in [0.717, 1.165) is 11.1 Å². The molecule has 0 heterocycles. The van der Waals surface area contributed by atoms with Gasteiger partial charge in [0, 0.05) is 18.3 Å². The van der Waals surface area contributed by atoms with Crippen molar-refractivity contribution in [3.05, 3.63) is 102 Å². The van der Waals surface area contributed by atoms with Gasteiger partial charge in [0.15, 0.2) is 0 Å². The summed E-state index contributed by atoms with van der Waals surface area (Å²) in [5.74, 6) is -0.308. The lowest BCUT2D eigenvalue weighted by Crippen LogP contribution is -2.31. The van der Waals surface area contributed by atoms with Gasteiger partial charge < -0.3 is 10.6 Å². The van der Waals surface area contributed by atoms with E-state index in [1.165, 1.54) is 0 Å². The Morgan fingerprint density at radius 1 is 0.786 bits per heavy atom. The molecule has 5 nitrogen and oxygen atoms in total. The molecular weight excluding hydrogens is 350 g/mol. The summed E-state index contributed by atoms with van der Waals surface area (Å²) in [5.41, 5.74) is 3.38. The Hall–Kier alpha value is -3.44. The average Bonchev–Trinajstić information content (AvgIpc) is 2.75. The standard InChI is InChI=1S/C23H23N3O2/c1-24-23(28)19-12-14-20(15-13-19)26-21(27)16-25-22(17-8-4-2-5-9-17)18-10-6-3-7-11-18/h2-15,22,25H,16H2,1H3,(H,24,28)(H,26,27). The molecular formula is C23H23N3O2. The maximum Gasteiger partial charge on any atom is 0.251 e. The van der Waals surface area contributed by atoms with Crippen LogP contribution in [-0.4, -0.2) is 25.4 Å². The van der Waals surface area contributed by atoms with Crippen molar-refractivity contribution in [1.29, 1.82) is 0 Å². The zero-order valence-corrected chi connectivity index (χ0v) is 15.7. The maximum absolute atomic E-state index is 12.4. The number of amides is 2. The Morgan fingerprint density at radius 3 is 1.82 bits per heavy atom. The van der Waals surface area contributed by atoms with Crippen LogP contribution in [0.25, 0.3) is 0 Å². The smallest absolute Gasteiger partial charge is 0.251 e. The first-order valence-corrected chi connectivity index (χ1v) is 9.12. The number of rotatable bonds is 7. The molecule has 142 valence electrons. The Morgan fingerprint density at radius 2 is 1.32 bits per heavy atom. The highest BCUT2D eigenvalue weighted by atomic mass is 16.2. The summed E-state index contributed by atoms with van der Waals surface area (Å²) < 4.78 is 0. The molecule has 0 bridgehead atoms. The first-order valence-electron chi connectivity index (χ1n) is 9.12. The second kappa shape index (κ2) is 9.48. The second-order valence-corrected chi connectivity index (χ2v) is 6.34. The minimum atomic E-state index is -0.159. The van der Waals surface area contributed by atoms with E-state index in [9.17, 15) is 9.59 Å². The zero-order chi connectivity index (χ0) is 19.8. The third-order valence-electron chi connectivity index (χ3n) is 4.39. The molecule has 0 aliphatic heterocycles. The van der Waals surface area contributed by atoms with Gasteiger partial charge in [-0.1, -0.05) is 60.7 Å². The van der Waals surface area contributed by atoms with Gasteiger partial charge in [-0.25, -0.2) is 0 Å². The number of carbonyl (C=O) groups is 2. The highest BCUT2D eigenvalue weighted by Crippen LogP contribution is 2.21. The maximum atomic E-state index is 12.4. The summed E-state index contributed by atoms with van der Waals surface area (Å²) >= 11 is 0. The summed E-state index contributed by atoms with van der Waals surface area (Å²) in [4.78, 5) is 24.0. The average molecular weight is 373 g/mol. The van der Waals surface area contributed by atoms with Gasteiger partial charge in [0.1, 0.15) is 0 Å². The largest absolute Gasteiger partial charge is 0.355 e. The third-order valence-corrected chi connectivity index (χ3v) is 4.39. The van der Waals surface area contributed by atoms with E-state index in [1.54, 1.807) is 31.3 Å². The van der Waals surface area contributed by atoms with E-state index < -0.39 is 0 Å². The Labute approximate surface area is 164 Å². The van der Waals surface area contributed by atoms with E-state index in [-0.39, 0.29) is 24.4 Å². The van der Waals surface area contributed by atoms with E-state index in [0.29, 0.717) is 11.3 Å². The first kappa shape index (κ1) is 19.3. The Balaban J connectivity index is 1.65. The molecule has 0 unspecified atom stereocenters. The number of nitrogens with one attached hydrogen (secondary N) is 3. The molecule has 0 atom stereocenters. The van der Waals surface area contributed by atoms with Crippen molar-refractivity contribution in [1.82, 2.24) is 10.6 Å². The number of carbonyl (C=O) groups excluding carboxylic acids is 2. The van der Waals surface area contributed by atoms with E-state index in [1.807, 2.05) is 60.7 Å². The molecule has 0 radical (unpaired) electrons. The van der Waals surface area contributed by atoms with Crippen LogP contribution in [-0.2, 0) is 4.79 Å². The van der Waals surface area contributed by atoms with Crippen LogP contribution < -0.4 is 16.0 Å². The van der Waals surface area contributed by atoms with Crippen molar-refractivity contribution in [2.45, 2.75) is 6.04 Å². The summed E-state index contributed by atoms with van der Waals surface area (Å²) in [6, 6.07) is 26.8. The predicted octanol–water partition coefficient (Wildman–Crippen LogP) is 3.36. The summed E-state index contributed by atoms with van der Waals surface area (Å²) in [6.07, 6.45) is 0. The van der Waals surface area contributed by atoms with Crippen molar-refractivity contribution in [2.75, 3.05) is 18.9 Å². The molecule has 3 N–H and O–H groups in total. The molecule has 0 aliphatic rings. The monoisotopic (exact) mass is 373 g/mol. The van der Waals surface area contributed by atoms with Gasteiger partial charge in [-0.3, -0.25) is 14.9 Å². The van der Waals surface area contributed by atoms with E-state index in [4.69, 9.17) is 0 Å².